The number of ether oxygens (including phenoxy) is 1. The quantitative estimate of drug-likeness (QED) is 0.515. The Morgan fingerprint density at radius 3 is 1.50 bits per heavy atom. The average molecular weight is 366 g/mol. The molecule has 1 saturated heterocycles. The Balaban J connectivity index is -0.000000902. The molecule has 0 bridgehead atoms. The standard InChI is InChI=1S/C15H31NOSi.3CH3.V/c1-11-12(2)14(4)15(13(11)3)18(5,6)16-7-9-17-10-8-16;;;;/h11-15H,7-10H2,1-6H3;3*1H3;/q;3*-1;+4/t11?,12?,13-,14?,15?;;;;/m1..../s1. The largest absolute Gasteiger partial charge is 4.00 e. The van der Waals surface area contributed by atoms with Gasteiger partial charge in [-0.3, -0.25) is 0 Å². The van der Waals surface area contributed by atoms with Crippen molar-refractivity contribution in [2.24, 2.45) is 23.7 Å². The van der Waals surface area contributed by atoms with Crippen molar-refractivity contribution in [3.05, 3.63) is 22.3 Å². The van der Waals surface area contributed by atoms with Crippen LogP contribution in [0.2, 0.25) is 18.6 Å². The summed E-state index contributed by atoms with van der Waals surface area (Å²) >= 11 is 0. The molecule has 131 valence electrons. The molecular formula is C18H40NOSiV+. The fraction of sp³-hybridized carbons (Fsp3) is 0.833. The predicted octanol–water partition coefficient (Wildman–Crippen LogP) is 4.80. The van der Waals surface area contributed by atoms with Crippen LogP contribution in [0.5, 0.6) is 0 Å². The van der Waals surface area contributed by atoms with Crippen LogP contribution in [-0.4, -0.2) is 39.1 Å². The predicted molar refractivity (Wildman–Crippen MR) is 99.5 cm³/mol. The van der Waals surface area contributed by atoms with Crippen LogP contribution in [0, 0.1) is 46.0 Å². The molecule has 0 N–H and O–H groups in total. The summed E-state index contributed by atoms with van der Waals surface area (Å²) in [4.78, 5) is 0. The van der Waals surface area contributed by atoms with Gasteiger partial charge in [0.1, 0.15) is 8.24 Å². The number of morpholine rings is 1. The van der Waals surface area contributed by atoms with Gasteiger partial charge in [-0.25, -0.2) is 0 Å². The summed E-state index contributed by atoms with van der Waals surface area (Å²) in [6, 6.07) is 0. The first kappa shape index (κ1) is 27.6. The van der Waals surface area contributed by atoms with Crippen molar-refractivity contribution >= 4 is 8.24 Å². The molecule has 0 amide bonds. The molecule has 4 unspecified atom stereocenters. The molecule has 0 aromatic rings. The Morgan fingerprint density at radius 2 is 1.14 bits per heavy atom. The van der Waals surface area contributed by atoms with Crippen LogP contribution < -0.4 is 0 Å². The summed E-state index contributed by atoms with van der Waals surface area (Å²) in [6.45, 7) is 19.4. The van der Waals surface area contributed by atoms with E-state index < -0.39 is 8.24 Å². The third-order valence-electron chi connectivity index (χ3n) is 6.26. The zero-order chi connectivity index (χ0) is 13.5. The minimum atomic E-state index is -1.33. The van der Waals surface area contributed by atoms with E-state index in [1.807, 2.05) is 0 Å². The maximum absolute atomic E-state index is 5.53. The van der Waals surface area contributed by atoms with Crippen LogP contribution in [0.25, 0.3) is 0 Å². The molecule has 0 aromatic carbocycles. The van der Waals surface area contributed by atoms with Gasteiger partial charge in [-0.2, -0.15) is 0 Å². The van der Waals surface area contributed by atoms with E-state index >= 15 is 0 Å². The number of hydrogen-bond acceptors (Lipinski definition) is 2. The van der Waals surface area contributed by atoms with Crippen LogP contribution in [0.1, 0.15) is 27.7 Å². The van der Waals surface area contributed by atoms with E-state index in [1.165, 1.54) is 0 Å². The number of hydrogen-bond donors (Lipinski definition) is 0. The van der Waals surface area contributed by atoms with Gasteiger partial charge in [0.25, 0.3) is 0 Å². The van der Waals surface area contributed by atoms with Gasteiger partial charge in [0.2, 0.25) is 0 Å². The van der Waals surface area contributed by atoms with Crippen molar-refractivity contribution in [2.75, 3.05) is 26.3 Å². The zero-order valence-corrected chi connectivity index (χ0v) is 18.9. The normalized spacial score (nSPS) is 35.5. The molecule has 22 heavy (non-hydrogen) atoms. The molecule has 1 saturated carbocycles. The van der Waals surface area contributed by atoms with Crippen LogP contribution in [0.4, 0.5) is 0 Å². The van der Waals surface area contributed by atoms with Crippen LogP contribution in [0.3, 0.4) is 0 Å². The van der Waals surface area contributed by atoms with Crippen LogP contribution in [0.15, 0.2) is 0 Å². The summed E-state index contributed by atoms with van der Waals surface area (Å²) in [5.74, 6) is 3.55. The topological polar surface area (TPSA) is 12.5 Å². The van der Waals surface area contributed by atoms with E-state index in [9.17, 15) is 0 Å². The van der Waals surface area contributed by atoms with Crippen molar-refractivity contribution in [2.45, 2.75) is 46.3 Å². The van der Waals surface area contributed by atoms with Gasteiger partial charge in [-0.05, 0) is 29.2 Å². The van der Waals surface area contributed by atoms with Crippen LogP contribution in [-0.2, 0) is 23.3 Å². The van der Waals surface area contributed by atoms with Gasteiger partial charge in [-0.1, -0.05) is 40.8 Å². The Bertz CT molecular complexity index is 281. The maximum atomic E-state index is 5.53. The van der Waals surface area contributed by atoms with Gasteiger partial charge in [0, 0.05) is 13.1 Å². The molecule has 0 spiro atoms. The Morgan fingerprint density at radius 1 is 0.773 bits per heavy atom. The molecular weight excluding hydrogens is 325 g/mol. The van der Waals surface area contributed by atoms with E-state index in [-0.39, 0.29) is 40.8 Å². The molecule has 2 fully saturated rings. The number of nitrogens with zero attached hydrogens (tertiary/aromatic N) is 1. The van der Waals surface area contributed by atoms with E-state index in [0.29, 0.717) is 0 Å². The number of rotatable bonds is 2. The maximum Gasteiger partial charge on any atom is 4.00 e. The first-order valence-corrected chi connectivity index (χ1v) is 10.7. The Hall–Kier alpha value is 0.721. The van der Waals surface area contributed by atoms with Gasteiger partial charge in [0.15, 0.2) is 0 Å². The third kappa shape index (κ3) is 4.86. The monoisotopic (exact) mass is 365 g/mol. The molecule has 1 aliphatic carbocycles. The van der Waals surface area contributed by atoms with Crippen LogP contribution >= 0.6 is 0 Å². The second kappa shape index (κ2) is 10.6. The molecule has 1 radical (unpaired) electrons. The summed E-state index contributed by atoms with van der Waals surface area (Å²) < 4.78 is 8.34. The van der Waals surface area contributed by atoms with E-state index in [4.69, 9.17) is 4.74 Å². The van der Waals surface area contributed by atoms with Gasteiger partial charge < -0.3 is 31.6 Å². The molecule has 1 heterocycles. The van der Waals surface area contributed by atoms with Gasteiger partial charge >= 0.3 is 18.6 Å². The van der Waals surface area contributed by atoms with Crippen molar-refractivity contribution < 1.29 is 23.3 Å². The van der Waals surface area contributed by atoms with E-state index in [1.54, 1.807) is 0 Å². The zero-order valence-electron chi connectivity index (χ0n) is 16.5. The van der Waals surface area contributed by atoms with Crippen molar-refractivity contribution in [1.29, 1.82) is 0 Å². The molecule has 2 aliphatic rings. The Labute approximate surface area is 154 Å². The van der Waals surface area contributed by atoms with Crippen molar-refractivity contribution in [3.63, 3.8) is 0 Å². The van der Waals surface area contributed by atoms with Gasteiger partial charge in [-0.15, -0.1) is 0 Å². The summed E-state index contributed by atoms with van der Waals surface area (Å²) in [7, 11) is -1.33. The molecule has 2 rings (SSSR count). The van der Waals surface area contributed by atoms with Gasteiger partial charge in [0.05, 0.1) is 13.2 Å². The summed E-state index contributed by atoms with van der Waals surface area (Å²) in [5.41, 5.74) is 0.945. The molecule has 1 aliphatic heterocycles. The molecule has 0 aromatic heterocycles. The average Bonchev–Trinajstić information content (AvgIpc) is 2.55. The first-order chi connectivity index (χ1) is 8.37. The smallest absolute Gasteiger partial charge is 0.379 e. The van der Waals surface area contributed by atoms with E-state index in [2.05, 4.69) is 45.4 Å². The fourth-order valence-electron chi connectivity index (χ4n) is 4.73. The summed E-state index contributed by atoms with van der Waals surface area (Å²) in [6.07, 6.45) is 0. The second-order valence-electron chi connectivity index (χ2n) is 7.22. The summed E-state index contributed by atoms with van der Waals surface area (Å²) in [5, 5.41) is 0. The molecule has 4 heteroatoms. The SMILES string of the molecule is CC1C(C)C([Si](C)(C)N2CCOCC2)[C@H](C)C1C.[CH3-].[CH3-].[CH3-].[V+4]. The van der Waals surface area contributed by atoms with E-state index in [0.717, 1.165) is 55.5 Å². The third-order valence-corrected chi connectivity index (χ3v) is 11.0. The second-order valence-corrected chi connectivity index (χ2v) is 11.8. The Kier molecular flexibility index (Phi) is 13.2. The molecule has 5 atom stereocenters. The fourth-order valence-corrected chi connectivity index (χ4v) is 9.67. The van der Waals surface area contributed by atoms with Crippen molar-refractivity contribution in [3.8, 4) is 0 Å². The van der Waals surface area contributed by atoms with Crippen molar-refractivity contribution in [1.82, 2.24) is 4.57 Å². The minimum Gasteiger partial charge on any atom is -0.379 e. The minimum absolute atomic E-state index is 0. The first-order valence-electron chi connectivity index (χ1n) is 7.70. The molecule has 2 nitrogen and oxygen atoms in total.